The molecule has 29 heavy (non-hydrogen) atoms. The van der Waals surface area contributed by atoms with Gasteiger partial charge in [0.05, 0.1) is 17.0 Å². The third kappa shape index (κ3) is 5.35. The average molecular weight is 452 g/mol. The van der Waals surface area contributed by atoms with E-state index in [1.807, 2.05) is 23.6 Å². The van der Waals surface area contributed by atoms with Crippen LogP contribution in [0.25, 0.3) is 11.4 Å². The molecular weight excluding hydrogens is 436 g/mol. The van der Waals surface area contributed by atoms with E-state index in [0.29, 0.717) is 22.5 Å². The monoisotopic (exact) mass is 451 g/mol. The third-order valence-electron chi connectivity index (χ3n) is 3.85. The molecule has 3 rings (SSSR count). The maximum Gasteiger partial charge on any atom is 0.250 e. The van der Waals surface area contributed by atoms with Gasteiger partial charge in [-0.25, -0.2) is 9.82 Å². The van der Waals surface area contributed by atoms with Gasteiger partial charge in [0.1, 0.15) is 5.82 Å². The predicted molar refractivity (Wildman–Crippen MR) is 114 cm³/mol. The summed E-state index contributed by atoms with van der Waals surface area (Å²) in [5, 5.41) is 13.6. The molecule has 0 aliphatic carbocycles. The Labute approximate surface area is 181 Å². The van der Waals surface area contributed by atoms with Crippen molar-refractivity contribution in [3.8, 4) is 11.4 Å². The molecule has 1 amide bonds. The Kier molecular flexibility index (Phi) is 7.24. The number of halogens is 3. The molecule has 1 aromatic heterocycles. The normalized spacial score (nSPS) is 11.2. The van der Waals surface area contributed by atoms with E-state index in [1.165, 1.54) is 30.1 Å². The van der Waals surface area contributed by atoms with Gasteiger partial charge in [0.15, 0.2) is 11.0 Å². The second kappa shape index (κ2) is 9.87. The van der Waals surface area contributed by atoms with Crippen molar-refractivity contribution in [2.24, 2.45) is 5.10 Å². The van der Waals surface area contributed by atoms with Gasteiger partial charge in [-0.1, -0.05) is 41.0 Å². The number of nitrogens with zero attached hydrogens (tertiary/aromatic N) is 4. The number of hydrazone groups is 1. The van der Waals surface area contributed by atoms with Gasteiger partial charge in [0.25, 0.3) is 5.91 Å². The first-order valence-electron chi connectivity index (χ1n) is 8.57. The molecule has 1 N–H and O–H groups in total. The summed E-state index contributed by atoms with van der Waals surface area (Å²) < 4.78 is 15.6. The summed E-state index contributed by atoms with van der Waals surface area (Å²) in [5.74, 6) is -0.117. The number of thioether (sulfide) groups is 1. The number of hydrogen-bond donors (Lipinski definition) is 1. The first-order valence-corrected chi connectivity index (χ1v) is 10.3. The molecule has 0 spiro atoms. The van der Waals surface area contributed by atoms with Crippen LogP contribution in [-0.4, -0.2) is 32.6 Å². The van der Waals surface area contributed by atoms with Gasteiger partial charge in [-0.15, -0.1) is 10.2 Å². The Balaban J connectivity index is 1.62. The van der Waals surface area contributed by atoms with Crippen LogP contribution in [0.4, 0.5) is 4.39 Å². The van der Waals surface area contributed by atoms with E-state index in [-0.39, 0.29) is 22.2 Å². The van der Waals surface area contributed by atoms with Crippen molar-refractivity contribution in [3.05, 3.63) is 63.9 Å². The number of hydrogen-bond acceptors (Lipinski definition) is 5. The second-order valence-corrected chi connectivity index (χ2v) is 7.56. The van der Waals surface area contributed by atoms with Gasteiger partial charge >= 0.3 is 0 Å². The Bertz CT molecular complexity index is 1020. The average Bonchev–Trinajstić information content (AvgIpc) is 3.12. The van der Waals surface area contributed by atoms with Crippen LogP contribution in [-0.2, 0) is 11.3 Å². The fourth-order valence-electron chi connectivity index (χ4n) is 2.46. The lowest BCUT2D eigenvalue weighted by Gasteiger charge is -2.07. The zero-order valence-corrected chi connectivity index (χ0v) is 17.6. The SMILES string of the molecule is CCn1c(SCC(=O)N/N=C\c2c(F)cccc2Cl)nnc1-c1ccc(Cl)cc1. The Morgan fingerprint density at radius 1 is 1.24 bits per heavy atom. The molecule has 0 aliphatic heterocycles. The molecule has 3 aromatic rings. The van der Waals surface area contributed by atoms with Crippen LogP contribution in [0.2, 0.25) is 10.0 Å². The molecule has 0 bridgehead atoms. The summed E-state index contributed by atoms with van der Waals surface area (Å²) >= 11 is 13.1. The zero-order valence-electron chi connectivity index (χ0n) is 15.3. The lowest BCUT2D eigenvalue weighted by Crippen LogP contribution is -2.20. The number of rotatable bonds is 7. The highest BCUT2D eigenvalue weighted by Gasteiger charge is 2.14. The number of aromatic nitrogens is 3. The van der Waals surface area contributed by atoms with E-state index in [2.05, 4.69) is 20.7 Å². The minimum Gasteiger partial charge on any atom is -0.302 e. The molecule has 10 heteroatoms. The zero-order chi connectivity index (χ0) is 20.8. The van der Waals surface area contributed by atoms with Crippen LogP contribution in [0.3, 0.4) is 0 Å². The highest BCUT2D eigenvalue weighted by Crippen LogP contribution is 2.25. The van der Waals surface area contributed by atoms with Crippen molar-refractivity contribution >= 4 is 47.1 Å². The molecular formula is C19H16Cl2FN5OS. The predicted octanol–water partition coefficient (Wildman–Crippen LogP) is 4.65. The topological polar surface area (TPSA) is 72.2 Å². The molecule has 150 valence electrons. The molecule has 0 unspecified atom stereocenters. The van der Waals surface area contributed by atoms with Gasteiger partial charge < -0.3 is 4.57 Å². The first kappa shape index (κ1) is 21.3. The van der Waals surface area contributed by atoms with Gasteiger partial charge in [-0.2, -0.15) is 5.10 Å². The van der Waals surface area contributed by atoms with Crippen LogP contribution >= 0.6 is 35.0 Å². The van der Waals surface area contributed by atoms with Crippen LogP contribution in [0.1, 0.15) is 12.5 Å². The summed E-state index contributed by atoms with van der Waals surface area (Å²) in [6.07, 6.45) is 1.17. The van der Waals surface area contributed by atoms with Crippen molar-refractivity contribution in [3.63, 3.8) is 0 Å². The molecule has 0 aliphatic rings. The van der Waals surface area contributed by atoms with Crippen molar-refractivity contribution in [1.29, 1.82) is 0 Å². The fourth-order valence-corrected chi connectivity index (χ4v) is 3.59. The van der Waals surface area contributed by atoms with E-state index in [1.54, 1.807) is 18.2 Å². The van der Waals surface area contributed by atoms with Gasteiger partial charge in [0, 0.05) is 22.7 Å². The lowest BCUT2D eigenvalue weighted by atomic mass is 10.2. The maximum absolute atomic E-state index is 13.7. The van der Waals surface area contributed by atoms with Gasteiger partial charge in [0.2, 0.25) is 0 Å². The van der Waals surface area contributed by atoms with Crippen LogP contribution in [0, 0.1) is 5.82 Å². The molecule has 2 aromatic carbocycles. The third-order valence-corrected chi connectivity index (χ3v) is 5.40. The summed E-state index contributed by atoms with van der Waals surface area (Å²) in [4.78, 5) is 12.0. The molecule has 6 nitrogen and oxygen atoms in total. The molecule has 0 fully saturated rings. The Hall–Kier alpha value is -2.42. The fraction of sp³-hybridized carbons (Fsp3) is 0.158. The minimum atomic E-state index is -0.518. The van der Waals surface area contributed by atoms with E-state index in [0.717, 1.165) is 5.56 Å². The summed E-state index contributed by atoms with van der Waals surface area (Å²) in [6.45, 7) is 2.61. The van der Waals surface area contributed by atoms with E-state index in [4.69, 9.17) is 23.2 Å². The molecule has 0 saturated carbocycles. The smallest absolute Gasteiger partial charge is 0.250 e. The molecule has 0 saturated heterocycles. The number of carbonyl (C=O) groups is 1. The maximum atomic E-state index is 13.7. The van der Waals surface area contributed by atoms with Gasteiger partial charge in [-0.05, 0) is 43.3 Å². The van der Waals surface area contributed by atoms with Crippen LogP contribution in [0.5, 0.6) is 0 Å². The van der Waals surface area contributed by atoms with Crippen molar-refractivity contribution < 1.29 is 9.18 Å². The largest absolute Gasteiger partial charge is 0.302 e. The van der Waals surface area contributed by atoms with Crippen LogP contribution in [0.15, 0.2) is 52.7 Å². The summed E-state index contributed by atoms with van der Waals surface area (Å²) in [5.41, 5.74) is 3.34. The van der Waals surface area contributed by atoms with Crippen molar-refractivity contribution in [2.75, 3.05) is 5.75 Å². The van der Waals surface area contributed by atoms with Crippen LogP contribution < -0.4 is 5.43 Å². The van der Waals surface area contributed by atoms with E-state index < -0.39 is 5.82 Å². The number of amides is 1. The molecule has 0 radical (unpaired) electrons. The Morgan fingerprint density at radius 2 is 2.00 bits per heavy atom. The van der Waals surface area contributed by atoms with Crippen molar-refractivity contribution in [2.45, 2.75) is 18.6 Å². The van der Waals surface area contributed by atoms with E-state index >= 15 is 0 Å². The highest BCUT2D eigenvalue weighted by atomic mass is 35.5. The molecule has 1 heterocycles. The quantitative estimate of drug-likeness (QED) is 0.322. The van der Waals surface area contributed by atoms with Gasteiger partial charge in [-0.3, -0.25) is 4.79 Å². The highest BCUT2D eigenvalue weighted by molar-refractivity contribution is 7.99. The number of nitrogens with one attached hydrogen (secondary N) is 1. The minimum absolute atomic E-state index is 0.0705. The Morgan fingerprint density at radius 3 is 2.69 bits per heavy atom. The van der Waals surface area contributed by atoms with E-state index in [9.17, 15) is 9.18 Å². The number of benzene rings is 2. The lowest BCUT2D eigenvalue weighted by molar-refractivity contribution is -0.118. The molecule has 0 atom stereocenters. The second-order valence-electron chi connectivity index (χ2n) is 5.77. The summed E-state index contributed by atoms with van der Waals surface area (Å²) in [6, 6.07) is 11.6. The first-order chi connectivity index (χ1) is 14.0. The van der Waals surface area contributed by atoms with Crippen molar-refractivity contribution in [1.82, 2.24) is 20.2 Å². The standard InChI is InChI=1S/C19H16Cl2FN5OS/c1-2-27-18(12-6-8-13(20)9-7-12)25-26-19(27)29-11-17(28)24-23-10-14-15(21)4-3-5-16(14)22/h3-10H,2,11H2,1H3,(H,24,28)/b23-10-. The summed E-state index contributed by atoms with van der Waals surface area (Å²) in [7, 11) is 0. The number of carbonyl (C=O) groups excluding carboxylic acids is 1.